The van der Waals surface area contributed by atoms with E-state index in [0.29, 0.717) is 23.8 Å². The van der Waals surface area contributed by atoms with Crippen molar-refractivity contribution < 1.29 is 4.79 Å². The molecule has 5 heteroatoms. The molecule has 1 fully saturated rings. The Morgan fingerprint density at radius 3 is 2.81 bits per heavy atom. The molecule has 21 heavy (non-hydrogen) atoms. The van der Waals surface area contributed by atoms with Crippen LogP contribution in [0.4, 0.5) is 5.82 Å². The lowest BCUT2D eigenvalue weighted by Crippen LogP contribution is -2.34. The quantitative estimate of drug-likeness (QED) is 0.836. The normalized spacial score (nSPS) is 16.9. The summed E-state index contributed by atoms with van der Waals surface area (Å²) in [5.41, 5.74) is 7.20. The fraction of sp³-hybridized carbons (Fsp3) is 0.625. The van der Waals surface area contributed by atoms with Gasteiger partial charge in [0.25, 0.3) is 5.91 Å². The Kier molecular flexibility index (Phi) is 5.56. The molecule has 1 aromatic rings. The fourth-order valence-electron chi connectivity index (χ4n) is 2.76. The predicted molar refractivity (Wildman–Crippen MR) is 85.2 cm³/mol. The lowest BCUT2D eigenvalue weighted by atomic mass is 10.1. The molecular weight excluding hydrogens is 264 g/mol. The fourth-order valence-corrected chi connectivity index (χ4v) is 2.76. The number of carbonyl (C=O) groups is 1. The van der Waals surface area contributed by atoms with E-state index in [9.17, 15) is 4.79 Å². The van der Waals surface area contributed by atoms with Crippen molar-refractivity contribution in [2.45, 2.75) is 33.1 Å². The summed E-state index contributed by atoms with van der Waals surface area (Å²) in [6, 6.07) is 3.45. The molecule has 5 nitrogen and oxygen atoms in total. The van der Waals surface area contributed by atoms with E-state index < -0.39 is 0 Å². The first-order valence-corrected chi connectivity index (χ1v) is 7.85. The number of amides is 1. The van der Waals surface area contributed by atoms with Crippen molar-refractivity contribution >= 4 is 11.7 Å². The van der Waals surface area contributed by atoms with Gasteiger partial charge in [-0.2, -0.15) is 0 Å². The van der Waals surface area contributed by atoms with Crippen molar-refractivity contribution in [2.75, 3.05) is 31.9 Å². The monoisotopic (exact) mass is 290 g/mol. The number of aryl methyl sites for hydroxylation is 1. The third-order valence-corrected chi connectivity index (χ3v) is 3.90. The van der Waals surface area contributed by atoms with E-state index in [1.807, 2.05) is 13.0 Å². The van der Waals surface area contributed by atoms with Gasteiger partial charge in [-0.05, 0) is 50.4 Å². The summed E-state index contributed by atoms with van der Waals surface area (Å²) in [5, 5.41) is 3.00. The SMILES string of the molecule is CCc1cc(C(=O)NCC(C)CN2CCCC2)cc(N)n1. The van der Waals surface area contributed by atoms with E-state index in [2.05, 4.69) is 22.1 Å². The third kappa shape index (κ3) is 4.70. The van der Waals surface area contributed by atoms with Crippen molar-refractivity contribution in [3.8, 4) is 0 Å². The van der Waals surface area contributed by atoms with Gasteiger partial charge >= 0.3 is 0 Å². The molecule has 1 aromatic heterocycles. The number of pyridine rings is 1. The first-order valence-electron chi connectivity index (χ1n) is 7.85. The maximum Gasteiger partial charge on any atom is 0.251 e. The topological polar surface area (TPSA) is 71.2 Å². The average molecular weight is 290 g/mol. The highest BCUT2D eigenvalue weighted by Gasteiger charge is 2.15. The van der Waals surface area contributed by atoms with Gasteiger partial charge in [-0.3, -0.25) is 4.79 Å². The van der Waals surface area contributed by atoms with Crippen molar-refractivity contribution in [1.82, 2.24) is 15.2 Å². The van der Waals surface area contributed by atoms with Crippen LogP contribution in [0, 0.1) is 5.92 Å². The Morgan fingerprint density at radius 1 is 1.43 bits per heavy atom. The van der Waals surface area contributed by atoms with E-state index in [4.69, 9.17) is 5.73 Å². The van der Waals surface area contributed by atoms with E-state index >= 15 is 0 Å². The van der Waals surface area contributed by atoms with Gasteiger partial charge in [0.2, 0.25) is 0 Å². The maximum atomic E-state index is 12.2. The van der Waals surface area contributed by atoms with Crippen LogP contribution < -0.4 is 11.1 Å². The van der Waals surface area contributed by atoms with Gasteiger partial charge in [0.05, 0.1) is 0 Å². The highest BCUT2D eigenvalue weighted by atomic mass is 16.1. The minimum atomic E-state index is -0.0629. The molecule has 0 radical (unpaired) electrons. The Balaban J connectivity index is 1.84. The lowest BCUT2D eigenvalue weighted by molar-refractivity contribution is 0.0945. The second-order valence-electron chi connectivity index (χ2n) is 5.95. The van der Waals surface area contributed by atoms with Crippen molar-refractivity contribution in [2.24, 2.45) is 5.92 Å². The van der Waals surface area contributed by atoms with Crippen molar-refractivity contribution in [3.63, 3.8) is 0 Å². The molecule has 0 aliphatic carbocycles. The zero-order valence-electron chi connectivity index (χ0n) is 13.1. The third-order valence-electron chi connectivity index (χ3n) is 3.90. The Hall–Kier alpha value is -1.62. The first kappa shape index (κ1) is 15.8. The van der Waals surface area contributed by atoms with Crippen LogP contribution in [0.2, 0.25) is 0 Å². The molecule has 2 heterocycles. The number of nitrogens with two attached hydrogens (primary N) is 1. The van der Waals surface area contributed by atoms with Crippen LogP contribution in [0.15, 0.2) is 12.1 Å². The number of aromatic nitrogens is 1. The number of carbonyl (C=O) groups excluding carboxylic acids is 1. The molecule has 0 bridgehead atoms. The molecule has 1 atom stereocenters. The second-order valence-corrected chi connectivity index (χ2v) is 5.95. The smallest absolute Gasteiger partial charge is 0.251 e. The summed E-state index contributed by atoms with van der Waals surface area (Å²) in [4.78, 5) is 18.9. The van der Waals surface area contributed by atoms with Gasteiger partial charge in [0, 0.05) is 24.3 Å². The first-order chi connectivity index (χ1) is 10.1. The molecule has 3 N–H and O–H groups in total. The average Bonchev–Trinajstić information content (AvgIpc) is 2.96. The number of nitrogens with one attached hydrogen (secondary N) is 1. The minimum absolute atomic E-state index is 0.0629. The standard InChI is InChI=1S/C16H26N4O/c1-3-14-8-13(9-15(17)19-14)16(21)18-10-12(2)11-20-6-4-5-7-20/h8-9,12H,3-7,10-11H2,1-2H3,(H2,17,19)(H,18,21). The number of anilines is 1. The largest absolute Gasteiger partial charge is 0.384 e. The molecule has 1 unspecified atom stereocenters. The number of likely N-dealkylation sites (tertiary alicyclic amines) is 1. The summed E-state index contributed by atoms with van der Waals surface area (Å²) in [6.45, 7) is 8.31. The molecule has 0 saturated carbocycles. The molecule has 116 valence electrons. The molecule has 0 aromatic carbocycles. The summed E-state index contributed by atoms with van der Waals surface area (Å²) >= 11 is 0. The zero-order valence-corrected chi connectivity index (χ0v) is 13.1. The van der Waals surface area contributed by atoms with Crippen molar-refractivity contribution in [1.29, 1.82) is 0 Å². The molecule has 0 spiro atoms. The van der Waals surface area contributed by atoms with Crippen LogP contribution >= 0.6 is 0 Å². The van der Waals surface area contributed by atoms with Crippen LogP contribution in [0.3, 0.4) is 0 Å². The van der Waals surface area contributed by atoms with Gasteiger partial charge in [-0.25, -0.2) is 4.98 Å². The molecule has 1 aliphatic heterocycles. The molecule has 2 rings (SSSR count). The molecule has 1 aliphatic rings. The van der Waals surface area contributed by atoms with Gasteiger partial charge in [0.1, 0.15) is 5.82 Å². The zero-order chi connectivity index (χ0) is 15.2. The van der Waals surface area contributed by atoms with Crippen LogP contribution in [-0.2, 0) is 6.42 Å². The number of nitrogens with zero attached hydrogens (tertiary/aromatic N) is 2. The number of hydrogen-bond donors (Lipinski definition) is 2. The Morgan fingerprint density at radius 2 is 2.14 bits per heavy atom. The Bertz CT molecular complexity index is 483. The summed E-state index contributed by atoms with van der Waals surface area (Å²) in [7, 11) is 0. The highest BCUT2D eigenvalue weighted by Crippen LogP contribution is 2.11. The van der Waals surface area contributed by atoms with E-state index in [1.54, 1.807) is 6.07 Å². The van der Waals surface area contributed by atoms with Gasteiger partial charge in [0.15, 0.2) is 0 Å². The van der Waals surface area contributed by atoms with E-state index in [-0.39, 0.29) is 5.91 Å². The van der Waals surface area contributed by atoms with Gasteiger partial charge in [-0.1, -0.05) is 13.8 Å². The summed E-state index contributed by atoms with van der Waals surface area (Å²) in [6.07, 6.45) is 3.38. The number of nitrogen functional groups attached to an aromatic ring is 1. The summed E-state index contributed by atoms with van der Waals surface area (Å²) in [5.74, 6) is 0.800. The summed E-state index contributed by atoms with van der Waals surface area (Å²) < 4.78 is 0. The predicted octanol–water partition coefficient (Wildman–Crippen LogP) is 1.69. The van der Waals surface area contributed by atoms with E-state index in [1.165, 1.54) is 25.9 Å². The van der Waals surface area contributed by atoms with Crippen molar-refractivity contribution in [3.05, 3.63) is 23.4 Å². The highest BCUT2D eigenvalue weighted by molar-refractivity contribution is 5.94. The molecule has 1 amide bonds. The Labute approximate surface area is 126 Å². The number of hydrogen-bond acceptors (Lipinski definition) is 4. The molecule has 1 saturated heterocycles. The molecular formula is C16H26N4O. The lowest BCUT2D eigenvalue weighted by Gasteiger charge is -2.20. The van der Waals surface area contributed by atoms with Crippen LogP contribution in [0.1, 0.15) is 42.7 Å². The van der Waals surface area contributed by atoms with Crippen LogP contribution in [-0.4, -0.2) is 42.0 Å². The maximum absolute atomic E-state index is 12.2. The van der Waals surface area contributed by atoms with E-state index in [0.717, 1.165) is 18.7 Å². The second kappa shape index (κ2) is 7.41. The van der Waals surface area contributed by atoms with Crippen LogP contribution in [0.25, 0.3) is 0 Å². The van der Waals surface area contributed by atoms with Gasteiger partial charge in [-0.15, -0.1) is 0 Å². The van der Waals surface area contributed by atoms with Gasteiger partial charge < -0.3 is 16.0 Å². The van der Waals surface area contributed by atoms with Crippen LogP contribution in [0.5, 0.6) is 0 Å². The number of rotatable bonds is 6. The minimum Gasteiger partial charge on any atom is -0.384 e.